The van der Waals surface area contributed by atoms with Crippen LogP contribution in [0.2, 0.25) is 0 Å². The average Bonchev–Trinajstić information content (AvgIpc) is 2.19. The molecule has 1 unspecified atom stereocenters. The van der Waals surface area contributed by atoms with Gasteiger partial charge in [-0.15, -0.1) is 0 Å². The van der Waals surface area contributed by atoms with Gasteiger partial charge < -0.3 is 10.1 Å². The molecule has 0 aromatic carbocycles. The summed E-state index contributed by atoms with van der Waals surface area (Å²) in [4.78, 5) is 4.16. The first-order valence-corrected chi connectivity index (χ1v) is 4.59. The van der Waals surface area contributed by atoms with E-state index in [-0.39, 0.29) is 0 Å². The zero-order valence-corrected chi connectivity index (χ0v) is 7.79. The molecular weight excluding hydrogens is 164 g/mol. The van der Waals surface area contributed by atoms with Crippen LogP contribution in [0, 0.1) is 6.92 Å². The predicted molar refractivity (Wildman–Crippen MR) is 50.5 cm³/mol. The van der Waals surface area contributed by atoms with Crippen LogP contribution in [0.4, 0.5) is 0 Å². The maximum atomic E-state index is 5.39. The lowest BCUT2D eigenvalue weighted by molar-refractivity contribution is 0.0767. The molecule has 3 nitrogen and oxygen atoms in total. The largest absolute Gasteiger partial charge is 0.378 e. The van der Waals surface area contributed by atoms with Crippen molar-refractivity contribution in [2.45, 2.75) is 13.0 Å². The van der Waals surface area contributed by atoms with Crippen LogP contribution in [-0.2, 0) is 4.74 Å². The molecule has 1 aliphatic rings. The minimum absolute atomic E-state index is 0.321. The third-order valence-corrected chi connectivity index (χ3v) is 2.22. The molecule has 0 radical (unpaired) electrons. The van der Waals surface area contributed by atoms with Gasteiger partial charge in [0, 0.05) is 18.9 Å². The van der Waals surface area contributed by atoms with Crippen molar-refractivity contribution in [1.82, 2.24) is 10.3 Å². The van der Waals surface area contributed by atoms with Crippen molar-refractivity contribution in [3.63, 3.8) is 0 Å². The van der Waals surface area contributed by atoms with Crippen molar-refractivity contribution in [3.05, 3.63) is 29.6 Å². The fourth-order valence-corrected chi connectivity index (χ4v) is 1.55. The van der Waals surface area contributed by atoms with Crippen LogP contribution in [0.25, 0.3) is 0 Å². The monoisotopic (exact) mass is 178 g/mol. The van der Waals surface area contributed by atoms with Crippen LogP contribution in [0.1, 0.15) is 17.2 Å². The smallest absolute Gasteiger partial charge is 0.0662 e. The number of morpholine rings is 1. The normalized spacial score (nSPS) is 23.0. The zero-order chi connectivity index (χ0) is 9.10. The SMILES string of the molecule is Cc1cncc(C2COCCN2)c1. The number of pyridine rings is 1. The summed E-state index contributed by atoms with van der Waals surface area (Å²) in [6.07, 6.45) is 3.77. The van der Waals surface area contributed by atoms with Crippen molar-refractivity contribution in [1.29, 1.82) is 0 Å². The van der Waals surface area contributed by atoms with Crippen molar-refractivity contribution in [2.75, 3.05) is 19.8 Å². The van der Waals surface area contributed by atoms with Crippen molar-refractivity contribution >= 4 is 0 Å². The number of nitrogens with zero attached hydrogens (tertiary/aromatic N) is 1. The molecule has 70 valence electrons. The molecule has 1 aliphatic heterocycles. The van der Waals surface area contributed by atoms with Crippen LogP contribution >= 0.6 is 0 Å². The Morgan fingerprint density at radius 2 is 2.46 bits per heavy atom. The first kappa shape index (κ1) is 8.66. The molecule has 0 amide bonds. The van der Waals surface area contributed by atoms with Gasteiger partial charge in [-0.3, -0.25) is 4.98 Å². The van der Waals surface area contributed by atoms with Crippen LogP contribution in [0.3, 0.4) is 0 Å². The Morgan fingerprint density at radius 1 is 1.54 bits per heavy atom. The van der Waals surface area contributed by atoms with E-state index in [2.05, 4.69) is 23.3 Å². The molecule has 3 heteroatoms. The molecule has 1 atom stereocenters. The van der Waals surface area contributed by atoms with Crippen LogP contribution in [0.15, 0.2) is 18.5 Å². The Balaban J connectivity index is 2.14. The standard InChI is InChI=1S/C10H14N2O/c1-8-4-9(6-11-5-8)10-7-13-3-2-12-10/h4-6,10,12H,2-3,7H2,1H3. The lowest BCUT2D eigenvalue weighted by atomic mass is 10.1. The van der Waals surface area contributed by atoms with Gasteiger partial charge in [-0.1, -0.05) is 6.07 Å². The summed E-state index contributed by atoms with van der Waals surface area (Å²) in [7, 11) is 0. The summed E-state index contributed by atoms with van der Waals surface area (Å²) >= 11 is 0. The molecule has 2 rings (SSSR count). The number of nitrogens with one attached hydrogen (secondary N) is 1. The van der Waals surface area contributed by atoms with E-state index in [9.17, 15) is 0 Å². The summed E-state index contributed by atoms with van der Waals surface area (Å²) in [5.74, 6) is 0. The first-order valence-electron chi connectivity index (χ1n) is 4.59. The summed E-state index contributed by atoms with van der Waals surface area (Å²) in [5.41, 5.74) is 2.42. The van der Waals surface area contributed by atoms with E-state index in [0.717, 1.165) is 19.8 Å². The van der Waals surface area contributed by atoms with Crippen LogP contribution < -0.4 is 5.32 Å². The van der Waals surface area contributed by atoms with E-state index in [4.69, 9.17) is 4.74 Å². The first-order chi connectivity index (χ1) is 6.36. The van der Waals surface area contributed by atoms with Gasteiger partial charge in [0.15, 0.2) is 0 Å². The van der Waals surface area contributed by atoms with Gasteiger partial charge in [0.1, 0.15) is 0 Å². The Kier molecular flexibility index (Phi) is 2.57. The molecule has 0 aliphatic carbocycles. The Hall–Kier alpha value is -0.930. The summed E-state index contributed by atoms with van der Waals surface area (Å²) < 4.78 is 5.39. The summed E-state index contributed by atoms with van der Waals surface area (Å²) in [6.45, 7) is 4.56. The molecule has 1 saturated heterocycles. The number of hydrogen-bond acceptors (Lipinski definition) is 3. The number of hydrogen-bond donors (Lipinski definition) is 1. The van der Waals surface area contributed by atoms with Gasteiger partial charge in [0.25, 0.3) is 0 Å². The number of rotatable bonds is 1. The van der Waals surface area contributed by atoms with Crippen molar-refractivity contribution in [3.8, 4) is 0 Å². The fraction of sp³-hybridized carbons (Fsp3) is 0.500. The van der Waals surface area contributed by atoms with Gasteiger partial charge in [-0.25, -0.2) is 0 Å². The fourth-order valence-electron chi connectivity index (χ4n) is 1.55. The molecule has 1 N–H and O–H groups in total. The molecule has 1 aromatic heterocycles. The summed E-state index contributed by atoms with van der Waals surface area (Å²) in [6, 6.07) is 2.47. The van der Waals surface area contributed by atoms with Crippen molar-refractivity contribution in [2.24, 2.45) is 0 Å². The van der Waals surface area contributed by atoms with Gasteiger partial charge in [-0.05, 0) is 18.1 Å². The van der Waals surface area contributed by atoms with Crippen LogP contribution in [-0.4, -0.2) is 24.7 Å². The minimum atomic E-state index is 0.321. The molecule has 1 aromatic rings. The lowest BCUT2D eigenvalue weighted by Crippen LogP contribution is -2.34. The minimum Gasteiger partial charge on any atom is -0.378 e. The molecule has 0 bridgehead atoms. The maximum absolute atomic E-state index is 5.39. The number of ether oxygens (including phenoxy) is 1. The third-order valence-electron chi connectivity index (χ3n) is 2.22. The molecule has 1 fully saturated rings. The molecule has 0 saturated carbocycles. The number of aryl methyl sites for hydroxylation is 1. The second kappa shape index (κ2) is 3.85. The Morgan fingerprint density at radius 3 is 3.15 bits per heavy atom. The maximum Gasteiger partial charge on any atom is 0.0662 e. The highest BCUT2D eigenvalue weighted by atomic mass is 16.5. The van der Waals surface area contributed by atoms with Gasteiger partial charge in [0.05, 0.1) is 19.3 Å². The van der Waals surface area contributed by atoms with E-state index in [0.29, 0.717) is 6.04 Å². The van der Waals surface area contributed by atoms with E-state index < -0.39 is 0 Å². The lowest BCUT2D eigenvalue weighted by Gasteiger charge is -2.23. The average molecular weight is 178 g/mol. The Labute approximate surface area is 78.1 Å². The molecule has 13 heavy (non-hydrogen) atoms. The van der Waals surface area contributed by atoms with E-state index in [1.807, 2.05) is 12.4 Å². The molecule has 2 heterocycles. The Bertz CT molecular complexity index is 282. The van der Waals surface area contributed by atoms with E-state index in [1.54, 1.807) is 0 Å². The topological polar surface area (TPSA) is 34.1 Å². The highest BCUT2D eigenvalue weighted by molar-refractivity contribution is 5.20. The quantitative estimate of drug-likeness (QED) is 0.698. The summed E-state index contributed by atoms with van der Waals surface area (Å²) in [5, 5.41) is 3.40. The van der Waals surface area contributed by atoms with E-state index >= 15 is 0 Å². The third kappa shape index (κ3) is 2.05. The van der Waals surface area contributed by atoms with Crippen LogP contribution in [0.5, 0.6) is 0 Å². The highest BCUT2D eigenvalue weighted by Gasteiger charge is 2.14. The second-order valence-corrected chi connectivity index (χ2v) is 3.38. The second-order valence-electron chi connectivity index (χ2n) is 3.38. The van der Waals surface area contributed by atoms with Gasteiger partial charge >= 0.3 is 0 Å². The zero-order valence-electron chi connectivity index (χ0n) is 7.79. The predicted octanol–water partition coefficient (Wildman–Crippen LogP) is 1.05. The van der Waals surface area contributed by atoms with Gasteiger partial charge in [-0.2, -0.15) is 0 Å². The highest BCUT2D eigenvalue weighted by Crippen LogP contribution is 2.15. The molecule has 0 spiro atoms. The molecular formula is C10H14N2O. The van der Waals surface area contributed by atoms with Gasteiger partial charge in [0.2, 0.25) is 0 Å². The van der Waals surface area contributed by atoms with Crippen molar-refractivity contribution < 1.29 is 4.74 Å². The van der Waals surface area contributed by atoms with E-state index in [1.165, 1.54) is 11.1 Å². The number of aromatic nitrogens is 1.